The van der Waals surface area contributed by atoms with Crippen LogP contribution in [0.2, 0.25) is 0 Å². The van der Waals surface area contributed by atoms with Crippen molar-refractivity contribution in [2.75, 3.05) is 13.2 Å². The first-order valence-corrected chi connectivity index (χ1v) is 5.78. The maximum Gasteiger partial charge on any atom is 0.407 e. The molecule has 0 heterocycles. The van der Waals surface area contributed by atoms with Gasteiger partial charge in [-0.25, -0.2) is 4.79 Å². The van der Waals surface area contributed by atoms with Gasteiger partial charge in [0.2, 0.25) is 0 Å². The van der Waals surface area contributed by atoms with Crippen LogP contribution in [-0.2, 0) is 4.74 Å². The van der Waals surface area contributed by atoms with Crippen LogP contribution in [-0.4, -0.2) is 30.5 Å². The molecular formula is C11H21NO3. The highest BCUT2D eigenvalue weighted by Crippen LogP contribution is 2.26. The summed E-state index contributed by atoms with van der Waals surface area (Å²) in [5.74, 6) is 0.584. The summed E-state index contributed by atoms with van der Waals surface area (Å²) in [6.45, 7) is 1.98. The lowest BCUT2D eigenvalue weighted by molar-refractivity contribution is 0.112. The summed E-state index contributed by atoms with van der Waals surface area (Å²) in [5.41, 5.74) is 0. The minimum atomic E-state index is -0.415. The van der Waals surface area contributed by atoms with Crippen molar-refractivity contribution in [1.82, 2.24) is 5.32 Å². The topological polar surface area (TPSA) is 58.6 Å². The minimum Gasteiger partial charge on any atom is -0.447 e. The third-order valence-electron chi connectivity index (χ3n) is 3.03. The highest BCUT2D eigenvalue weighted by atomic mass is 16.6. The third kappa shape index (κ3) is 4.51. The number of ether oxygens (including phenoxy) is 1. The van der Waals surface area contributed by atoms with Gasteiger partial charge in [-0.15, -0.1) is 0 Å². The molecule has 1 fully saturated rings. The molecule has 4 heteroatoms. The molecule has 1 aliphatic rings. The number of alkyl carbamates (subject to hydrolysis) is 1. The molecule has 2 N–H and O–H groups in total. The summed E-state index contributed by atoms with van der Waals surface area (Å²) >= 11 is 0. The summed E-state index contributed by atoms with van der Waals surface area (Å²) in [4.78, 5) is 11.2. The number of hydrogen-bond acceptors (Lipinski definition) is 3. The van der Waals surface area contributed by atoms with E-state index < -0.39 is 6.09 Å². The summed E-state index contributed by atoms with van der Waals surface area (Å²) in [5, 5.41) is 11.3. The molecule has 4 nitrogen and oxygen atoms in total. The molecule has 0 bridgehead atoms. The maximum atomic E-state index is 11.2. The van der Waals surface area contributed by atoms with Gasteiger partial charge in [-0.1, -0.05) is 19.3 Å². The second-order valence-corrected chi connectivity index (χ2v) is 4.19. The fraction of sp³-hybridized carbons (Fsp3) is 0.909. The quantitative estimate of drug-likeness (QED) is 0.750. The summed E-state index contributed by atoms with van der Waals surface area (Å²) in [6.07, 6.45) is 5.83. The average molecular weight is 215 g/mol. The molecule has 0 spiro atoms. The zero-order chi connectivity index (χ0) is 11.1. The molecule has 0 saturated heterocycles. The van der Waals surface area contributed by atoms with Crippen molar-refractivity contribution in [3.05, 3.63) is 0 Å². The Hall–Kier alpha value is -0.770. The molecular weight excluding hydrogens is 194 g/mol. The zero-order valence-electron chi connectivity index (χ0n) is 9.37. The molecule has 0 radical (unpaired) electrons. The summed E-state index contributed by atoms with van der Waals surface area (Å²) in [6, 6.07) is 0.177. The molecule has 15 heavy (non-hydrogen) atoms. The van der Waals surface area contributed by atoms with Gasteiger partial charge in [0.1, 0.15) is 6.61 Å². The Bertz CT molecular complexity index is 190. The molecule has 0 unspecified atom stereocenters. The minimum absolute atomic E-state index is 0.0726. The second kappa shape index (κ2) is 6.67. The molecule has 1 aliphatic carbocycles. The highest BCUT2D eigenvalue weighted by Gasteiger charge is 2.21. The van der Waals surface area contributed by atoms with Crippen LogP contribution in [0.5, 0.6) is 0 Å². The van der Waals surface area contributed by atoms with Gasteiger partial charge in [0.15, 0.2) is 0 Å². The molecule has 0 aromatic heterocycles. The number of rotatable bonds is 4. The van der Waals surface area contributed by atoms with E-state index in [0.29, 0.717) is 5.92 Å². The van der Waals surface area contributed by atoms with Crippen LogP contribution in [0.15, 0.2) is 0 Å². The number of hydrogen-bond donors (Lipinski definition) is 2. The SMILES string of the molecule is C[C@H](NC(=O)OCCO)C1CCCCC1. The van der Waals surface area contributed by atoms with Gasteiger partial charge in [-0.2, -0.15) is 0 Å². The number of carbonyl (C=O) groups is 1. The van der Waals surface area contributed by atoms with Crippen LogP contribution in [0.3, 0.4) is 0 Å². The Balaban J connectivity index is 2.21. The van der Waals surface area contributed by atoms with Crippen molar-refractivity contribution < 1.29 is 14.6 Å². The van der Waals surface area contributed by atoms with E-state index in [1.165, 1.54) is 32.1 Å². The van der Waals surface area contributed by atoms with E-state index in [1.54, 1.807) is 0 Å². The van der Waals surface area contributed by atoms with Gasteiger partial charge in [-0.3, -0.25) is 0 Å². The highest BCUT2D eigenvalue weighted by molar-refractivity contribution is 5.67. The van der Waals surface area contributed by atoms with Crippen LogP contribution >= 0.6 is 0 Å². The van der Waals surface area contributed by atoms with E-state index in [-0.39, 0.29) is 19.3 Å². The number of nitrogens with one attached hydrogen (secondary N) is 1. The Kier molecular flexibility index (Phi) is 5.47. The largest absolute Gasteiger partial charge is 0.447 e. The maximum absolute atomic E-state index is 11.2. The van der Waals surface area contributed by atoms with Crippen LogP contribution < -0.4 is 5.32 Å². The van der Waals surface area contributed by atoms with Crippen molar-refractivity contribution >= 4 is 6.09 Å². The normalized spacial score (nSPS) is 19.6. The smallest absolute Gasteiger partial charge is 0.407 e. The third-order valence-corrected chi connectivity index (χ3v) is 3.03. The first-order chi connectivity index (χ1) is 7.24. The Morgan fingerprint density at radius 3 is 2.73 bits per heavy atom. The zero-order valence-corrected chi connectivity index (χ0v) is 9.37. The van der Waals surface area contributed by atoms with Gasteiger partial charge in [0.25, 0.3) is 0 Å². The van der Waals surface area contributed by atoms with Crippen LogP contribution in [0.25, 0.3) is 0 Å². The molecule has 0 aromatic rings. The number of amides is 1. The van der Waals surface area contributed by atoms with E-state index in [4.69, 9.17) is 9.84 Å². The van der Waals surface area contributed by atoms with Gasteiger partial charge in [0, 0.05) is 6.04 Å². The Morgan fingerprint density at radius 2 is 2.13 bits per heavy atom. The molecule has 1 amide bonds. The summed E-state index contributed by atoms with van der Waals surface area (Å²) < 4.78 is 4.75. The lowest BCUT2D eigenvalue weighted by atomic mass is 9.85. The predicted octanol–water partition coefficient (Wildman–Crippen LogP) is 1.67. The van der Waals surface area contributed by atoms with Crippen molar-refractivity contribution in [2.24, 2.45) is 5.92 Å². The van der Waals surface area contributed by atoms with Crippen molar-refractivity contribution in [3.63, 3.8) is 0 Å². The van der Waals surface area contributed by atoms with Crippen LogP contribution in [0.1, 0.15) is 39.0 Å². The standard InChI is InChI=1S/C11H21NO3/c1-9(10-5-3-2-4-6-10)12-11(14)15-8-7-13/h9-10,13H,2-8H2,1H3,(H,12,14)/t9-/m0/s1. The molecule has 0 aromatic carbocycles. The van der Waals surface area contributed by atoms with E-state index >= 15 is 0 Å². The Morgan fingerprint density at radius 1 is 1.47 bits per heavy atom. The second-order valence-electron chi connectivity index (χ2n) is 4.19. The van der Waals surface area contributed by atoms with Gasteiger partial charge in [-0.05, 0) is 25.7 Å². The fourth-order valence-electron chi connectivity index (χ4n) is 2.12. The summed E-state index contributed by atoms with van der Waals surface area (Å²) in [7, 11) is 0. The lowest BCUT2D eigenvalue weighted by Gasteiger charge is -2.27. The van der Waals surface area contributed by atoms with E-state index in [0.717, 1.165) is 0 Å². The van der Waals surface area contributed by atoms with E-state index in [9.17, 15) is 4.79 Å². The Labute approximate surface area is 91.0 Å². The fourth-order valence-corrected chi connectivity index (χ4v) is 2.12. The van der Waals surface area contributed by atoms with Gasteiger partial charge in [0.05, 0.1) is 6.61 Å². The van der Waals surface area contributed by atoms with Gasteiger partial charge < -0.3 is 15.2 Å². The lowest BCUT2D eigenvalue weighted by Crippen LogP contribution is -2.39. The number of carbonyl (C=O) groups excluding carboxylic acids is 1. The molecule has 1 atom stereocenters. The molecule has 0 aliphatic heterocycles. The molecule has 1 rings (SSSR count). The van der Waals surface area contributed by atoms with Crippen LogP contribution in [0.4, 0.5) is 4.79 Å². The van der Waals surface area contributed by atoms with Crippen molar-refractivity contribution in [2.45, 2.75) is 45.1 Å². The first kappa shape index (κ1) is 12.3. The van der Waals surface area contributed by atoms with Crippen molar-refractivity contribution in [3.8, 4) is 0 Å². The number of aliphatic hydroxyl groups is 1. The van der Waals surface area contributed by atoms with Crippen LogP contribution in [0, 0.1) is 5.92 Å². The predicted molar refractivity (Wildman–Crippen MR) is 57.6 cm³/mol. The van der Waals surface area contributed by atoms with E-state index in [1.807, 2.05) is 6.92 Å². The monoisotopic (exact) mass is 215 g/mol. The molecule has 1 saturated carbocycles. The average Bonchev–Trinajstić information content (AvgIpc) is 2.27. The van der Waals surface area contributed by atoms with E-state index in [2.05, 4.69) is 5.32 Å². The van der Waals surface area contributed by atoms with Gasteiger partial charge >= 0.3 is 6.09 Å². The van der Waals surface area contributed by atoms with Crippen molar-refractivity contribution in [1.29, 1.82) is 0 Å². The molecule has 88 valence electrons. The first-order valence-electron chi connectivity index (χ1n) is 5.78. The number of aliphatic hydroxyl groups excluding tert-OH is 1.